The number of aliphatic hydroxyl groups excluding tert-OH is 1. The van der Waals surface area contributed by atoms with Gasteiger partial charge in [0.25, 0.3) is 0 Å². The number of aliphatic hydroxyl groups is 1. The summed E-state index contributed by atoms with van der Waals surface area (Å²) in [6, 6.07) is 7.56. The lowest BCUT2D eigenvalue weighted by Gasteiger charge is -2.15. The lowest BCUT2D eigenvalue weighted by molar-refractivity contribution is 0.213. The molecule has 0 saturated carbocycles. The maximum atomic E-state index is 10.5. The van der Waals surface area contributed by atoms with Crippen molar-refractivity contribution in [1.82, 2.24) is 0 Å². The van der Waals surface area contributed by atoms with Crippen LogP contribution in [-0.4, -0.2) is 5.11 Å². The van der Waals surface area contributed by atoms with E-state index in [0.717, 1.165) is 22.3 Å². The SMILES string of the molecule is CC(=C/N)/C=C1\CC=Cc2c(C#N)cccc2C1O. The zero-order chi connectivity index (χ0) is 13.8. The number of nitrogens with two attached hydrogens (primary N) is 1. The predicted molar refractivity (Wildman–Crippen MR) is 75.8 cm³/mol. The van der Waals surface area contributed by atoms with Crippen LogP contribution in [0.3, 0.4) is 0 Å². The lowest BCUT2D eigenvalue weighted by atomic mass is 9.94. The molecule has 0 spiro atoms. The Bertz CT molecular complexity index is 618. The van der Waals surface area contributed by atoms with E-state index in [1.807, 2.05) is 31.2 Å². The number of fused-ring (bicyclic) bond motifs is 1. The highest BCUT2D eigenvalue weighted by atomic mass is 16.3. The summed E-state index contributed by atoms with van der Waals surface area (Å²) in [6.45, 7) is 1.89. The molecule has 1 atom stereocenters. The molecule has 96 valence electrons. The minimum atomic E-state index is -0.701. The minimum absolute atomic E-state index is 0.583. The summed E-state index contributed by atoms with van der Waals surface area (Å²) in [6.07, 6.45) is 7.22. The molecule has 1 aliphatic rings. The fourth-order valence-corrected chi connectivity index (χ4v) is 2.21. The Labute approximate surface area is 113 Å². The Balaban J connectivity index is 2.54. The fraction of sp³-hybridized carbons (Fsp3) is 0.188. The first-order chi connectivity index (χ1) is 9.17. The van der Waals surface area contributed by atoms with Gasteiger partial charge in [0, 0.05) is 0 Å². The van der Waals surface area contributed by atoms with E-state index in [-0.39, 0.29) is 0 Å². The van der Waals surface area contributed by atoms with Crippen molar-refractivity contribution in [2.45, 2.75) is 19.4 Å². The quantitative estimate of drug-likeness (QED) is 0.807. The van der Waals surface area contributed by atoms with E-state index in [1.165, 1.54) is 6.20 Å². The van der Waals surface area contributed by atoms with Crippen molar-refractivity contribution in [3.63, 3.8) is 0 Å². The van der Waals surface area contributed by atoms with Crippen LogP contribution in [0.15, 0.2) is 47.7 Å². The topological polar surface area (TPSA) is 70.0 Å². The molecule has 1 aromatic rings. The largest absolute Gasteiger partial charge is 0.404 e. The predicted octanol–water partition coefficient (Wildman–Crippen LogP) is 2.80. The van der Waals surface area contributed by atoms with E-state index in [1.54, 1.807) is 12.1 Å². The van der Waals surface area contributed by atoms with Gasteiger partial charge in [-0.25, -0.2) is 0 Å². The molecule has 0 aliphatic heterocycles. The second kappa shape index (κ2) is 5.55. The maximum absolute atomic E-state index is 10.5. The molecule has 0 heterocycles. The van der Waals surface area contributed by atoms with Gasteiger partial charge in [0.05, 0.1) is 11.6 Å². The van der Waals surface area contributed by atoms with Crippen LogP contribution >= 0.6 is 0 Å². The molecule has 19 heavy (non-hydrogen) atoms. The van der Waals surface area contributed by atoms with E-state index >= 15 is 0 Å². The molecule has 3 nitrogen and oxygen atoms in total. The van der Waals surface area contributed by atoms with Gasteiger partial charge in [-0.3, -0.25) is 0 Å². The second-order valence-electron chi connectivity index (χ2n) is 4.56. The Morgan fingerprint density at radius 1 is 1.53 bits per heavy atom. The number of hydrogen-bond donors (Lipinski definition) is 2. The average Bonchev–Trinajstić information content (AvgIpc) is 2.59. The minimum Gasteiger partial charge on any atom is -0.404 e. The fourth-order valence-electron chi connectivity index (χ4n) is 2.21. The van der Waals surface area contributed by atoms with E-state index in [9.17, 15) is 5.11 Å². The number of nitriles is 1. The third-order valence-corrected chi connectivity index (χ3v) is 3.22. The van der Waals surface area contributed by atoms with Crippen molar-refractivity contribution in [3.05, 3.63) is 64.4 Å². The summed E-state index contributed by atoms with van der Waals surface area (Å²) >= 11 is 0. The third kappa shape index (κ3) is 2.59. The van der Waals surface area contributed by atoms with E-state index in [2.05, 4.69) is 6.07 Å². The Hall–Kier alpha value is -2.31. The van der Waals surface area contributed by atoms with Gasteiger partial charge in [0.15, 0.2) is 0 Å². The van der Waals surface area contributed by atoms with Crippen LogP contribution in [0.1, 0.15) is 36.1 Å². The zero-order valence-electron chi connectivity index (χ0n) is 10.8. The first-order valence-corrected chi connectivity index (χ1v) is 6.14. The lowest BCUT2D eigenvalue weighted by Crippen LogP contribution is -2.03. The van der Waals surface area contributed by atoms with Gasteiger partial charge >= 0.3 is 0 Å². The van der Waals surface area contributed by atoms with Crippen LogP contribution in [0.2, 0.25) is 0 Å². The third-order valence-electron chi connectivity index (χ3n) is 3.22. The molecule has 0 aromatic heterocycles. The first-order valence-electron chi connectivity index (χ1n) is 6.14. The Morgan fingerprint density at radius 3 is 3.00 bits per heavy atom. The van der Waals surface area contributed by atoms with Crippen LogP contribution in [0, 0.1) is 11.3 Å². The van der Waals surface area contributed by atoms with Crippen LogP contribution < -0.4 is 5.73 Å². The molecule has 0 radical (unpaired) electrons. The summed E-state index contributed by atoms with van der Waals surface area (Å²) in [7, 11) is 0. The van der Waals surface area contributed by atoms with Crippen molar-refractivity contribution in [3.8, 4) is 6.07 Å². The van der Waals surface area contributed by atoms with E-state index in [0.29, 0.717) is 12.0 Å². The molecule has 2 rings (SSSR count). The van der Waals surface area contributed by atoms with Crippen molar-refractivity contribution in [1.29, 1.82) is 5.26 Å². The number of hydrogen-bond acceptors (Lipinski definition) is 3. The summed E-state index contributed by atoms with van der Waals surface area (Å²) in [5, 5.41) is 19.6. The highest BCUT2D eigenvalue weighted by molar-refractivity contribution is 5.64. The van der Waals surface area contributed by atoms with Crippen molar-refractivity contribution in [2.24, 2.45) is 5.73 Å². The zero-order valence-corrected chi connectivity index (χ0v) is 10.8. The molecule has 1 unspecified atom stereocenters. The van der Waals surface area contributed by atoms with Crippen LogP contribution in [0.25, 0.3) is 6.08 Å². The molecular formula is C16H16N2O. The number of rotatable bonds is 1. The number of nitrogens with zero attached hydrogens (tertiary/aromatic N) is 1. The molecule has 1 aromatic carbocycles. The highest BCUT2D eigenvalue weighted by Crippen LogP contribution is 2.33. The smallest absolute Gasteiger partial charge is 0.101 e. The van der Waals surface area contributed by atoms with Gasteiger partial charge in [-0.2, -0.15) is 5.26 Å². The summed E-state index contributed by atoms with van der Waals surface area (Å²) in [4.78, 5) is 0. The summed E-state index contributed by atoms with van der Waals surface area (Å²) < 4.78 is 0. The molecular weight excluding hydrogens is 236 g/mol. The molecule has 1 aliphatic carbocycles. The van der Waals surface area contributed by atoms with Crippen molar-refractivity contribution in [2.75, 3.05) is 0 Å². The normalized spacial score (nSPS) is 20.8. The molecule has 3 heteroatoms. The van der Waals surface area contributed by atoms with Crippen LogP contribution in [-0.2, 0) is 0 Å². The molecule has 3 N–H and O–H groups in total. The molecule has 0 amide bonds. The van der Waals surface area contributed by atoms with Gasteiger partial charge in [0.1, 0.15) is 6.10 Å². The monoisotopic (exact) mass is 252 g/mol. The maximum Gasteiger partial charge on any atom is 0.101 e. The Morgan fingerprint density at radius 2 is 2.32 bits per heavy atom. The molecule has 0 fully saturated rings. The summed E-state index contributed by atoms with van der Waals surface area (Å²) in [5.41, 5.74) is 9.40. The number of benzene rings is 1. The average molecular weight is 252 g/mol. The van der Waals surface area contributed by atoms with Gasteiger partial charge in [-0.05, 0) is 47.9 Å². The molecule has 0 saturated heterocycles. The highest BCUT2D eigenvalue weighted by Gasteiger charge is 2.19. The van der Waals surface area contributed by atoms with Crippen molar-refractivity contribution < 1.29 is 5.11 Å². The summed E-state index contributed by atoms with van der Waals surface area (Å²) in [5.74, 6) is 0. The van der Waals surface area contributed by atoms with Gasteiger partial charge in [0.2, 0.25) is 0 Å². The standard InChI is InChI=1S/C16H16N2O/c1-11(9-17)8-12-4-2-6-14-13(10-18)5-3-7-15(14)16(12)19/h2-3,5-9,16,19H,4,17H2,1H3/b11-9-,12-8+. The first kappa shape index (κ1) is 13.1. The van der Waals surface area contributed by atoms with Crippen molar-refractivity contribution >= 4 is 6.08 Å². The van der Waals surface area contributed by atoms with E-state index in [4.69, 9.17) is 11.0 Å². The van der Waals surface area contributed by atoms with Gasteiger partial charge in [-0.15, -0.1) is 0 Å². The van der Waals surface area contributed by atoms with Crippen LogP contribution in [0.5, 0.6) is 0 Å². The van der Waals surface area contributed by atoms with Gasteiger partial charge in [-0.1, -0.05) is 30.4 Å². The molecule has 0 bridgehead atoms. The van der Waals surface area contributed by atoms with Crippen LogP contribution in [0.4, 0.5) is 0 Å². The van der Waals surface area contributed by atoms with E-state index < -0.39 is 6.10 Å². The number of allylic oxidation sites excluding steroid dienone is 3. The Kier molecular flexibility index (Phi) is 3.84. The van der Waals surface area contributed by atoms with Gasteiger partial charge < -0.3 is 10.8 Å². The second-order valence-corrected chi connectivity index (χ2v) is 4.56.